The predicted molar refractivity (Wildman–Crippen MR) is 90.2 cm³/mol. The summed E-state index contributed by atoms with van der Waals surface area (Å²) in [5.41, 5.74) is 2.76. The summed E-state index contributed by atoms with van der Waals surface area (Å²) in [6, 6.07) is 24.8. The topological polar surface area (TPSA) is 21.6 Å². The molecule has 0 atom stereocenters. The van der Waals surface area contributed by atoms with Gasteiger partial charge in [0.1, 0.15) is 5.71 Å². The van der Waals surface area contributed by atoms with E-state index in [-0.39, 0.29) is 0 Å². The van der Waals surface area contributed by atoms with Gasteiger partial charge in [0, 0.05) is 17.5 Å². The first-order chi connectivity index (χ1) is 10.9. The molecule has 0 fully saturated rings. The van der Waals surface area contributed by atoms with Crippen LogP contribution in [-0.2, 0) is 10.4 Å². The molecule has 0 spiro atoms. The molecule has 108 valence electrons. The van der Waals surface area contributed by atoms with Crippen LogP contribution in [0.1, 0.15) is 22.4 Å². The molecule has 1 aliphatic rings. The van der Waals surface area contributed by atoms with E-state index in [0.29, 0.717) is 0 Å². The fourth-order valence-corrected chi connectivity index (χ4v) is 3.61. The van der Waals surface area contributed by atoms with Crippen LogP contribution >= 0.6 is 11.3 Å². The van der Waals surface area contributed by atoms with Crippen molar-refractivity contribution in [1.29, 1.82) is 0 Å². The van der Waals surface area contributed by atoms with Crippen molar-refractivity contribution < 1.29 is 4.84 Å². The van der Waals surface area contributed by atoms with Crippen molar-refractivity contribution in [2.24, 2.45) is 5.16 Å². The summed E-state index contributed by atoms with van der Waals surface area (Å²) in [4.78, 5) is 7.22. The summed E-state index contributed by atoms with van der Waals surface area (Å²) >= 11 is 1.70. The highest BCUT2D eigenvalue weighted by Gasteiger charge is 2.43. The van der Waals surface area contributed by atoms with Crippen LogP contribution < -0.4 is 0 Å². The Morgan fingerprint density at radius 1 is 0.818 bits per heavy atom. The van der Waals surface area contributed by atoms with Gasteiger partial charge in [-0.3, -0.25) is 0 Å². The monoisotopic (exact) mass is 305 g/mol. The van der Waals surface area contributed by atoms with Crippen LogP contribution in [0.25, 0.3) is 0 Å². The second-order valence-electron chi connectivity index (χ2n) is 5.34. The SMILES string of the molecule is c1ccc(C2(c3ccccc3)CC(c3cccs3)=NO2)cc1. The third-order valence-electron chi connectivity index (χ3n) is 4.01. The number of hydrogen-bond donors (Lipinski definition) is 0. The predicted octanol–water partition coefficient (Wildman–Crippen LogP) is 4.82. The lowest BCUT2D eigenvalue weighted by Crippen LogP contribution is -2.27. The highest BCUT2D eigenvalue weighted by atomic mass is 32.1. The van der Waals surface area contributed by atoms with Gasteiger partial charge in [0.25, 0.3) is 0 Å². The van der Waals surface area contributed by atoms with Crippen molar-refractivity contribution in [3.63, 3.8) is 0 Å². The minimum atomic E-state index is -0.526. The van der Waals surface area contributed by atoms with E-state index >= 15 is 0 Å². The van der Waals surface area contributed by atoms with E-state index in [1.807, 2.05) is 42.5 Å². The first-order valence-electron chi connectivity index (χ1n) is 7.28. The molecule has 0 bridgehead atoms. The molecule has 4 rings (SSSR count). The van der Waals surface area contributed by atoms with Crippen molar-refractivity contribution in [1.82, 2.24) is 0 Å². The summed E-state index contributed by atoms with van der Waals surface area (Å²) in [6.45, 7) is 0. The lowest BCUT2D eigenvalue weighted by Gasteiger charge is -2.27. The Kier molecular flexibility index (Phi) is 3.28. The van der Waals surface area contributed by atoms with Gasteiger partial charge < -0.3 is 4.84 Å². The smallest absolute Gasteiger partial charge is 0.193 e. The van der Waals surface area contributed by atoms with Gasteiger partial charge in [-0.1, -0.05) is 71.9 Å². The van der Waals surface area contributed by atoms with Crippen molar-refractivity contribution in [2.75, 3.05) is 0 Å². The van der Waals surface area contributed by atoms with E-state index in [9.17, 15) is 0 Å². The van der Waals surface area contributed by atoms with Gasteiger partial charge in [0.2, 0.25) is 0 Å². The minimum absolute atomic E-state index is 0.526. The zero-order chi connectivity index (χ0) is 14.8. The molecule has 1 aliphatic heterocycles. The number of oxime groups is 1. The molecule has 22 heavy (non-hydrogen) atoms. The third-order valence-corrected chi connectivity index (χ3v) is 4.93. The molecule has 0 amide bonds. The Labute approximate surface area is 133 Å². The molecular formula is C19H15NOS. The molecular weight excluding hydrogens is 290 g/mol. The van der Waals surface area contributed by atoms with Gasteiger partial charge >= 0.3 is 0 Å². The average molecular weight is 305 g/mol. The Morgan fingerprint density at radius 3 is 2.00 bits per heavy atom. The first-order valence-corrected chi connectivity index (χ1v) is 8.16. The van der Waals surface area contributed by atoms with Crippen LogP contribution in [-0.4, -0.2) is 5.71 Å². The van der Waals surface area contributed by atoms with Crippen molar-refractivity contribution >= 4 is 17.0 Å². The molecule has 2 nitrogen and oxygen atoms in total. The largest absolute Gasteiger partial charge is 0.379 e. The second kappa shape index (κ2) is 5.43. The highest BCUT2D eigenvalue weighted by molar-refractivity contribution is 7.12. The molecule has 0 N–H and O–H groups in total. The molecule has 1 aromatic heterocycles. The van der Waals surface area contributed by atoms with Gasteiger partial charge in [-0.15, -0.1) is 11.3 Å². The first kappa shape index (κ1) is 13.3. The van der Waals surface area contributed by atoms with Gasteiger partial charge in [-0.2, -0.15) is 0 Å². The van der Waals surface area contributed by atoms with E-state index in [1.165, 1.54) is 4.88 Å². The molecule has 0 aliphatic carbocycles. The number of benzene rings is 2. The highest BCUT2D eigenvalue weighted by Crippen LogP contribution is 2.42. The van der Waals surface area contributed by atoms with Crippen LogP contribution in [0.2, 0.25) is 0 Å². The van der Waals surface area contributed by atoms with E-state index in [0.717, 1.165) is 23.3 Å². The van der Waals surface area contributed by atoms with Gasteiger partial charge in [-0.05, 0) is 11.4 Å². The third kappa shape index (κ3) is 2.14. The van der Waals surface area contributed by atoms with Gasteiger partial charge in [-0.25, -0.2) is 0 Å². The number of rotatable bonds is 3. The Morgan fingerprint density at radius 2 is 1.45 bits per heavy atom. The molecule has 0 saturated carbocycles. The van der Waals surface area contributed by atoms with E-state index in [1.54, 1.807) is 11.3 Å². The van der Waals surface area contributed by atoms with E-state index < -0.39 is 5.60 Å². The normalized spacial score (nSPS) is 16.1. The van der Waals surface area contributed by atoms with Crippen molar-refractivity contribution in [3.05, 3.63) is 94.2 Å². The molecule has 2 aromatic carbocycles. The minimum Gasteiger partial charge on any atom is -0.379 e. The lowest BCUT2D eigenvalue weighted by atomic mass is 9.82. The lowest BCUT2D eigenvalue weighted by molar-refractivity contribution is 0.0112. The van der Waals surface area contributed by atoms with E-state index in [2.05, 4.69) is 40.9 Å². The van der Waals surface area contributed by atoms with E-state index in [4.69, 9.17) is 4.84 Å². The Bertz CT molecular complexity index is 739. The molecule has 0 saturated heterocycles. The quantitative estimate of drug-likeness (QED) is 0.680. The van der Waals surface area contributed by atoms with Crippen LogP contribution in [0.4, 0.5) is 0 Å². The molecule has 3 heteroatoms. The second-order valence-corrected chi connectivity index (χ2v) is 6.29. The average Bonchev–Trinajstić information content (AvgIpc) is 3.27. The summed E-state index contributed by atoms with van der Waals surface area (Å²) in [5.74, 6) is 0. The standard InChI is InChI=1S/C19H15NOS/c1-3-8-15(9-4-1)19(16-10-5-2-6-11-16)14-17(20-21-19)18-12-7-13-22-18/h1-13H,14H2. The summed E-state index contributed by atoms with van der Waals surface area (Å²) in [6.07, 6.45) is 0.752. The van der Waals surface area contributed by atoms with Crippen LogP contribution in [0, 0.1) is 0 Å². The van der Waals surface area contributed by atoms with Gasteiger partial charge in [0.15, 0.2) is 5.60 Å². The fraction of sp³-hybridized carbons (Fsp3) is 0.105. The van der Waals surface area contributed by atoms with Gasteiger partial charge in [0.05, 0.1) is 4.88 Å². The number of nitrogens with zero attached hydrogens (tertiary/aromatic N) is 1. The summed E-state index contributed by atoms with van der Waals surface area (Å²) in [7, 11) is 0. The maximum atomic E-state index is 6.04. The maximum Gasteiger partial charge on any atom is 0.193 e. The number of thiophene rings is 1. The number of hydrogen-bond acceptors (Lipinski definition) is 3. The van der Waals surface area contributed by atoms with Crippen molar-refractivity contribution in [3.8, 4) is 0 Å². The summed E-state index contributed by atoms with van der Waals surface area (Å²) < 4.78 is 0. The fourth-order valence-electron chi connectivity index (χ4n) is 2.90. The van der Waals surface area contributed by atoms with Crippen LogP contribution in [0.5, 0.6) is 0 Å². The zero-order valence-corrected chi connectivity index (χ0v) is 12.8. The molecule has 0 unspecified atom stereocenters. The maximum absolute atomic E-state index is 6.04. The summed E-state index contributed by atoms with van der Waals surface area (Å²) in [5, 5.41) is 6.48. The van der Waals surface area contributed by atoms with Crippen LogP contribution in [0.3, 0.4) is 0 Å². The molecule has 3 aromatic rings. The van der Waals surface area contributed by atoms with Crippen molar-refractivity contribution in [2.45, 2.75) is 12.0 Å². The zero-order valence-electron chi connectivity index (χ0n) is 12.0. The Hall–Kier alpha value is -2.39. The Balaban J connectivity index is 1.80. The van der Waals surface area contributed by atoms with Crippen LogP contribution in [0.15, 0.2) is 83.3 Å². The molecule has 2 heterocycles. The molecule has 0 radical (unpaired) electrons.